The molecular formula is C25H30N2O3. The Bertz CT molecular complexity index is 1050. The van der Waals surface area contributed by atoms with Gasteiger partial charge < -0.3 is 9.32 Å². The number of anilines is 1. The first-order valence-corrected chi connectivity index (χ1v) is 10.7. The van der Waals surface area contributed by atoms with Gasteiger partial charge >= 0.3 is 5.63 Å². The molecular weight excluding hydrogens is 376 g/mol. The standard InChI is InChI=1S/C25H30N2O3/c1-4-27(5-2)20-9-11-22-18(3)23(25(29)30-24(22)17-20)12-10-21(28)8-6-7-19-13-15-26-16-14-19/h9,11,13-17H,4-8,10,12H2,1-3H3. The first kappa shape index (κ1) is 21.8. The van der Waals surface area contributed by atoms with Crippen LogP contribution in [0.3, 0.4) is 0 Å². The molecule has 5 heteroatoms. The van der Waals surface area contributed by atoms with Gasteiger partial charge in [0.1, 0.15) is 11.4 Å². The zero-order valence-electron chi connectivity index (χ0n) is 18.1. The van der Waals surface area contributed by atoms with E-state index in [-0.39, 0.29) is 11.4 Å². The second-order valence-electron chi connectivity index (χ2n) is 7.59. The first-order valence-electron chi connectivity index (χ1n) is 10.7. The SMILES string of the molecule is CCN(CC)c1ccc2c(C)c(CCC(=O)CCCc3ccncc3)c(=O)oc2c1. The highest BCUT2D eigenvalue weighted by atomic mass is 16.4. The molecule has 2 heterocycles. The number of ketones is 1. The molecule has 1 aromatic carbocycles. The van der Waals surface area contributed by atoms with Crippen molar-refractivity contribution in [1.29, 1.82) is 0 Å². The van der Waals surface area contributed by atoms with Crippen molar-refractivity contribution in [2.24, 2.45) is 0 Å². The molecule has 0 amide bonds. The summed E-state index contributed by atoms with van der Waals surface area (Å²) in [6.45, 7) is 7.94. The summed E-state index contributed by atoms with van der Waals surface area (Å²) in [6, 6.07) is 9.96. The molecule has 0 saturated heterocycles. The quantitative estimate of drug-likeness (QED) is 0.450. The molecule has 0 aliphatic rings. The Morgan fingerprint density at radius 1 is 1.03 bits per heavy atom. The third kappa shape index (κ3) is 5.15. The fourth-order valence-electron chi connectivity index (χ4n) is 3.89. The molecule has 0 aliphatic heterocycles. The number of benzene rings is 1. The third-order valence-electron chi connectivity index (χ3n) is 5.72. The lowest BCUT2D eigenvalue weighted by molar-refractivity contribution is -0.119. The molecule has 3 rings (SSSR count). The minimum atomic E-state index is -0.332. The zero-order valence-corrected chi connectivity index (χ0v) is 18.1. The van der Waals surface area contributed by atoms with Gasteiger partial charge in [0.25, 0.3) is 0 Å². The molecule has 30 heavy (non-hydrogen) atoms. The van der Waals surface area contributed by atoms with Crippen molar-refractivity contribution in [1.82, 2.24) is 4.98 Å². The summed E-state index contributed by atoms with van der Waals surface area (Å²) >= 11 is 0. The van der Waals surface area contributed by atoms with Gasteiger partial charge in [-0.2, -0.15) is 0 Å². The van der Waals surface area contributed by atoms with Gasteiger partial charge in [-0.25, -0.2) is 4.79 Å². The van der Waals surface area contributed by atoms with Crippen LogP contribution in [0.25, 0.3) is 11.0 Å². The topological polar surface area (TPSA) is 63.4 Å². The van der Waals surface area contributed by atoms with Gasteiger partial charge in [-0.05, 0) is 75.4 Å². The maximum atomic E-state index is 12.6. The lowest BCUT2D eigenvalue weighted by Crippen LogP contribution is -2.21. The van der Waals surface area contributed by atoms with Crippen LogP contribution in [0.15, 0.2) is 51.9 Å². The molecule has 2 aromatic heterocycles. The van der Waals surface area contributed by atoms with Crippen LogP contribution in [0.2, 0.25) is 0 Å². The molecule has 0 unspecified atom stereocenters. The van der Waals surface area contributed by atoms with Crippen molar-refractivity contribution >= 4 is 22.4 Å². The summed E-state index contributed by atoms with van der Waals surface area (Å²) in [4.78, 5) is 31.1. The summed E-state index contributed by atoms with van der Waals surface area (Å²) in [5.41, 5.74) is 4.04. The number of rotatable bonds is 10. The number of hydrogen-bond acceptors (Lipinski definition) is 5. The van der Waals surface area contributed by atoms with Crippen molar-refractivity contribution < 1.29 is 9.21 Å². The Kier molecular flexibility index (Phi) is 7.39. The van der Waals surface area contributed by atoms with Gasteiger partial charge in [0.15, 0.2) is 0 Å². The van der Waals surface area contributed by atoms with E-state index in [0.29, 0.717) is 30.4 Å². The fraction of sp³-hybridized carbons (Fsp3) is 0.400. The molecule has 0 atom stereocenters. The van der Waals surface area contributed by atoms with Crippen molar-refractivity contribution in [3.05, 3.63) is 69.8 Å². The summed E-state index contributed by atoms with van der Waals surface area (Å²) in [6.07, 6.45) is 6.52. The highest BCUT2D eigenvalue weighted by Gasteiger charge is 2.14. The van der Waals surface area contributed by atoms with E-state index < -0.39 is 0 Å². The Morgan fingerprint density at radius 2 is 1.77 bits per heavy atom. The van der Waals surface area contributed by atoms with E-state index in [0.717, 1.165) is 42.6 Å². The monoisotopic (exact) mass is 406 g/mol. The van der Waals surface area contributed by atoms with Gasteiger partial charge in [0.2, 0.25) is 0 Å². The van der Waals surface area contributed by atoms with Crippen LogP contribution in [0.5, 0.6) is 0 Å². The normalized spacial score (nSPS) is 11.0. The molecule has 0 spiro atoms. The molecule has 0 radical (unpaired) electrons. The summed E-state index contributed by atoms with van der Waals surface area (Å²) in [5, 5.41) is 0.936. The number of fused-ring (bicyclic) bond motifs is 1. The van der Waals surface area contributed by atoms with E-state index in [1.165, 1.54) is 5.56 Å². The van der Waals surface area contributed by atoms with Crippen LogP contribution < -0.4 is 10.5 Å². The highest BCUT2D eigenvalue weighted by molar-refractivity contribution is 5.84. The Morgan fingerprint density at radius 3 is 2.47 bits per heavy atom. The summed E-state index contributed by atoms with van der Waals surface area (Å²) < 4.78 is 5.63. The van der Waals surface area contributed by atoms with Crippen molar-refractivity contribution in [2.75, 3.05) is 18.0 Å². The van der Waals surface area contributed by atoms with E-state index in [4.69, 9.17) is 4.42 Å². The van der Waals surface area contributed by atoms with Crippen molar-refractivity contribution in [3.63, 3.8) is 0 Å². The lowest BCUT2D eigenvalue weighted by Gasteiger charge is -2.21. The summed E-state index contributed by atoms with van der Waals surface area (Å²) in [5.74, 6) is 0.180. The molecule has 0 N–H and O–H groups in total. The number of aromatic nitrogens is 1. The van der Waals surface area contributed by atoms with Crippen molar-refractivity contribution in [2.45, 2.75) is 52.9 Å². The number of Topliss-reactive ketones (excluding diaryl/α,β-unsaturated/α-hetero) is 1. The van der Waals surface area contributed by atoms with Gasteiger partial charge in [0.05, 0.1) is 0 Å². The van der Waals surface area contributed by atoms with Gasteiger partial charge in [-0.15, -0.1) is 0 Å². The van der Waals surface area contributed by atoms with E-state index >= 15 is 0 Å². The van der Waals surface area contributed by atoms with Crippen molar-refractivity contribution in [3.8, 4) is 0 Å². The molecule has 3 aromatic rings. The van der Waals surface area contributed by atoms with Gasteiger partial charge in [-0.3, -0.25) is 9.78 Å². The zero-order chi connectivity index (χ0) is 21.5. The molecule has 158 valence electrons. The molecule has 0 saturated carbocycles. The number of aryl methyl sites for hydroxylation is 2. The largest absolute Gasteiger partial charge is 0.422 e. The van der Waals surface area contributed by atoms with E-state index in [1.807, 2.05) is 31.2 Å². The number of carbonyl (C=O) groups excluding carboxylic acids is 1. The molecule has 0 bridgehead atoms. The van der Waals surface area contributed by atoms with Gasteiger partial charge in [0, 0.05) is 61.0 Å². The minimum Gasteiger partial charge on any atom is -0.422 e. The van der Waals surface area contributed by atoms with Crippen LogP contribution >= 0.6 is 0 Å². The Hall–Kier alpha value is -2.95. The van der Waals surface area contributed by atoms with E-state index in [1.54, 1.807) is 12.4 Å². The number of hydrogen-bond donors (Lipinski definition) is 0. The van der Waals surface area contributed by atoms with Crippen LogP contribution in [-0.4, -0.2) is 23.9 Å². The highest BCUT2D eigenvalue weighted by Crippen LogP contribution is 2.25. The predicted octanol–water partition coefficient (Wildman–Crippen LogP) is 4.87. The van der Waals surface area contributed by atoms with Gasteiger partial charge in [-0.1, -0.05) is 0 Å². The van der Waals surface area contributed by atoms with Crippen LogP contribution in [0.4, 0.5) is 5.69 Å². The molecule has 0 fully saturated rings. The van der Waals surface area contributed by atoms with E-state index in [2.05, 4.69) is 29.8 Å². The first-order chi connectivity index (χ1) is 14.5. The third-order valence-corrected chi connectivity index (χ3v) is 5.72. The minimum absolute atomic E-state index is 0.180. The van der Waals surface area contributed by atoms with Crippen LogP contribution in [0.1, 0.15) is 49.8 Å². The molecule has 5 nitrogen and oxygen atoms in total. The fourth-order valence-corrected chi connectivity index (χ4v) is 3.89. The van der Waals surface area contributed by atoms with Crippen LogP contribution in [-0.2, 0) is 17.6 Å². The maximum Gasteiger partial charge on any atom is 0.339 e. The van der Waals surface area contributed by atoms with E-state index in [9.17, 15) is 9.59 Å². The second-order valence-corrected chi connectivity index (χ2v) is 7.59. The smallest absolute Gasteiger partial charge is 0.339 e. The maximum absolute atomic E-state index is 12.6. The Labute approximate surface area is 177 Å². The number of carbonyl (C=O) groups is 1. The number of nitrogens with zero attached hydrogens (tertiary/aromatic N) is 2. The number of pyridine rings is 1. The average molecular weight is 407 g/mol. The predicted molar refractivity (Wildman–Crippen MR) is 121 cm³/mol. The second kappa shape index (κ2) is 10.2. The van der Waals surface area contributed by atoms with Crippen LogP contribution in [0, 0.1) is 6.92 Å². The Balaban J connectivity index is 1.66. The molecule has 0 aliphatic carbocycles. The lowest BCUT2D eigenvalue weighted by atomic mass is 9.99. The summed E-state index contributed by atoms with van der Waals surface area (Å²) in [7, 11) is 0. The average Bonchev–Trinajstić information content (AvgIpc) is 2.75.